The van der Waals surface area contributed by atoms with Crippen molar-refractivity contribution in [1.82, 2.24) is 14.9 Å². The number of carbonyl (C=O) groups is 1. The number of aromatic amines is 1. The van der Waals surface area contributed by atoms with Gasteiger partial charge in [-0.3, -0.25) is 0 Å². The van der Waals surface area contributed by atoms with Gasteiger partial charge < -0.3 is 25.1 Å². The highest BCUT2D eigenvalue weighted by Crippen LogP contribution is 2.24. The minimum absolute atomic E-state index is 0.0846. The quantitative estimate of drug-likeness (QED) is 0.882. The number of hydrogen-bond donors (Lipinski definition) is 2. The van der Waals surface area contributed by atoms with E-state index in [9.17, 15) is 4.79 Å². The van der Waals surface area contributed by atoms with Crippen molar-refractivity contribution in [2.45, 2.75) is 45.3 Å². The predicted octanol–water partition coefficient (Wildman–Crippen LogP) is 2.92. The lowest BCUT2D eigenvalue weighted by Crippen LogP contribution is -2.44. The van der Waals surface area contributed by atoms with Gasteiger partial charge in [-0.25, -0.2) is 9.78 Å². The molecule has 1 aliphatic rings. The van der Waals surface area contributed by atoms with Gasteiger partial charge in [-0.05, 0) is 32.9 Å². The fourth-order valence-electron chi connectivity index (χ4n) is 2.76. The first kappa shape index (κ1) is 16.4. The molecule has 1 fully saturated rings. The normalized spacial score (nSPS) is 16.4. The van der Waals surface area contributed by atoms with Crippen LogP contribution in [0, 0.1) is 0 Å². The second-order valence-corrected chi connectivity index (χ2v) is 7.09. The molecule has 1 aromatic carbocycles. The van der Waals surface area contributed by atoms with E-state index in [4.69, 9.17) is 15.2 Å². The van der Waals surface area contributed by atoms with E-state index in [2.05, 4.69) is 9.97 Å². The zero-order valence-corrected chi connectivity index (χ0v) is 14.3. The van der Waals surface area contributed by atoms with E-state index < -0.39 is 5.60 Å². The molecule has 3 N–H and O–H groups in total. The summed E-state index contributed by atoms with van der Waals surface area (Å²) in [6, 6.07) is 5.68. The molecule has 3 rings (SSSR count). The van der Waals surface area contributed by atoms with Crippen LogP contribution in [0.4, 0.5) is 10.7 Å². The maximum atomic E-state index is 12.1. The molecular formula is C17H24N4O3. The Bertz CT molecular complexity index is 727. The van der Waals surface area contributed by atoms with Crippen molar-refractivity contribution in [3.05, 3.63) is 18.2 Å². The van der Waals surface area contributed by atoms with Gasteiger partial charge in [0.05, 0.1) is 11.0 Å². The number of anilines is 1. The van der Waals surface area contributed by atoms with E-state index >= 15 is 0 Å². The fraction of sp³-hybridized carbons (Fsp3) is 0.529. The number of piperidine rings is 1. The second-order valence-electron chi connectivity index (χ2n) is 7.09. The Balaban J connectivity index is 1.55. The summed E-state index contributed by atoms with van der Waals surface area (Å²) in [7, 11) is 0. The number of likely N-dealkylation sites (tertiary alicyclic amines) is 1. The Morgan fingerprint density at radius 2 is 2.04 bits per heavy atom. The summed E-state index contributed by atoms with van der Waals surface area (Å²) in [4.78, 5) is 21.0. The number of amides is 1. The largest absolute Gasteiger partial charge is 0.490 e. The van der Waals surface area contributed by atoms with Crippen molar-refractivity contribution in [3.8, 4) is 5.75 Å². The van der Waals surface area contributed by atoms with Crippen LogP contribution in [0.2, 0.25) is 0 Å². The van der Waals surface area contributed by atoms with Gasteiger partial charge in [0.1, 0.15) is 17.5 Å². The van der Waals surface area contributed by atoms with Crippen LogP contribution >= 0.6 is 0 Å². The van der Waals surface area contributed by atoms with Crippen LogP contribution in [0.15, 0.2) is 18.2 Å². The first-order valence-electron chi connectivity index (χ1n) is 8.20. The highest BCUT2D eigenvalue weighted by molar-refractivity contribution is 5.78. The van der Waals surface area contributed by atoms with Crippen LogP contribution in [-0.4, -0.2) is 45.8 Å². The SMILES string of the molecule is CC(C)(C)OC(=O)N1CCC(Oc2ccc3nc(N)[nH]c3c2)CC1. The molecule has 0 atom stereocenters. The van der Waals surface area contributed by atoms with Gasteiger partial charge >= 0.3 is 6.09 Å². The minimum Gasteiger partial charge on any atom is -0.490 e. The Morgan fingerprint density at radius 1 is 1.33 bits per heavy atom. The van der Waals surface area contributed by atoms with E-state index in [0.29, 0.717) is 19.0 Å². The molecule has 0 saturated carbocycles. The average molecular weight is 332 g/mol. The molecule has 130 valence electrons. The number of imidazole rings is 1. The van der Waals surface area contributed by atoms with Crippen molar-refractivity contribution >= 4 is 23.1 Å². The molecule has 0 radical (unpaired) electrons. The number of fused-ring (bicyclic) bond motifs is 1. The molecule has 7 nitrogen and oxygen atoms in total. The molecule has 0 aliphatic carbocycles. The number of hydrogen-bond acceptors (Lipinski definition) is 5. The Morgan fingerprint density at radius 3 is 2.71 bits per heavy atom. The van der Waals surface area contributed by atoms with Crippen molar-refractivity contribution < 1.29 is 14.3 Å². The fourth-order valence-corrected chi connectivity index (χ4v) is 2.76. The first-order chi connectivity index (χ1) is 11.3. The smallest absolute Gasteiger partial charge is 0.410 e. The third kappa shape index (κ3) is 3.90. The average Bonchev–Trinajstić information content (AvgIpc) is 2.85. The van der Waals surface area contributed by atoms with E-state index in [1.54, 1.807) is 4.90 Å². The molecule has 7 heteroatoms. The summed E-state index contributed by atoms with van der Waals surface area (Å²) in [6.45, 7) is 6.90. The lowest BCUT2D eigenvalue weighted by Gasteiger charge is -2.33. The van der Waals surface area contributed by atoms with Gasteiger partial charge in [-0.2, -0.15) is 0 Å². The Hall–Kier alpha value is -2.44. The number of rotatable bonds is 2. The van der Waals surface area contributed by atoms with Gasteiger partial charge in [-0.15, -0.1) is 0 Å². The minimum atomic E-state index is -0.467. The van der Waals surface area contributed by atoms with Crippen molar-refractivity contribution in [2.24, 2.45) is 0 Å². The number of nitrogens with one attached hydrogen (secondary N) is 1. The number of carbonyl (C=O) groups excluding carboxylic acids is 1. The molecule has 1 saturated heterocycles. The number of ether oxygens (including phenoxy) is 2. The number of nitrogens with zero attached hydrogens (tertiary/aromatic N) is 2. The summed E-state index contributed by atoms with van der Waals surface area (Å²) in [5, 5.41) is 0. The van der Waals surface area contributed by atoms with E-state index in [1.165, 1.54) is 0 Å². The molecule has 2 aromatic rings. The van der Waals surface area contributed by atoms with Gasteiger partial charge in [0.25, 0.3) is 0 Å². The second kappa shape index (κ2) is 6.22. The number of aromatic nitrogens is 2. The van der Waals surface area contributed by atoms with Crippen LogP contribution < -0.4 is 10.5 Å². The zero-order chi connectivity index (χ0) is 17.3. The van der Waals surface area contributed by atoms with Gasteiger partial charge in [0.2, 0.25) is 0 Å². The van der Waals surface area contributed by atoms with Crippen LogP contribution in [-0.2, 0) is 4.74 Å². The van der Waals surface area contributed by atoms with Crippen LogP contribution in [0.3, 0.4) is 0 Å². The molecule has 0 bridgehead atoms. The number of nitrogens with two attached hydrogens (primary N) is 1. The summed E-state index contributed by atoms with van der Waals surface area (Å²) in [5.41, 5.74) is 6.87. The van der Waals surface area contributed by atoms with Crippen molar-refractivity contribution in [1.29, 1.82) is 0 Å². The van der Waals surface area contributed by atoms with E-state index in [0.717, 1.165) is 29.6 Å². The molecule has 1 amide bonds. The molecule has 0 unspecified atom stereocenters. The van der Waals surface area contributed by atoms with Crippen molar-refractivity contribution in [3.63, 3.8) is 0 Å². The van der Waals surface area contributed by atoms with Crippen LogP contribution in [0.1, 0.15) is 33.6 Å². The van der Waals surface area contributed by atoms with E-state index in [1.807, 2.05) is 39.0 Å². The summed E-state index contributed by atoms with van der Waals surface area (Å²) < 4.78 is 11.4. The lowest BCUT2D eigenvalue weighted by atomic mass is 10.1. The number of benzene rings is 1. The Labute approximate surface area is 141 Å². The number of H-pyrrole nitrogens is 1. The monoisotopic (exact) mass is 332 g/mol. The number of nitrogen functional groups attached to an aromatic ring is 1. The molecule has 1 aromatic heterocycles. The van der Waals surface area contributed by atoms with E-state index in [-0.39, 0.29) is 12.2 Å². The zero-order valence-electron chi connectivity index (χ0n) is 14.3. The third-order valence-corrected chi connectivity index (χ3v) is 3.87. The summed E-state index contributed by atoms with van der Waals surface area (Å²) in [6.07, 6.45) is 1.39. The maximum absolute atomic E-state index is 12.1. The molecule has 1 aliphatic heterocycles. The topological polar surface area (TPSA) is 93.5 Å². The van der Waals surface area contributed by atoms with Gasteiger partial charge in [0.15, 0.2) is 5.95 Å². The molecular weight excluding hydrogens is 308 g/mol. The first-order valence-corrected chi connectivity index (χ1v) is 8.20. The molecule has 2 heterocycles. The maximum Gasteiger partial charge on any atom is 0.410 e. The lowest BCUT2D eigenvalue weighted by molar-refractivity contribution is 0.0127. The Kier molecular flexibility index (Phi) is 4.26. The van der Waals surface area contributed by atoms with Crippen molar-refractivity contribution in [2.75, 3.05) is 18.8 Å². The highest BCUT2D eigenvalue weighted by atomic mass is 16.6. The molecule has 0 spiro atoms. The highest BCUT2D eigenvalue weighted by Gasteiger charge is 2.27. The van der Waals surface area contributed by atoms with Crippen LogP contribution in [0.5, 0.6) is 5.75 Å². The standard InChI is InChI=1S/C17H24N4O3/c1-17(2,3)24-16(22)21-8-6-11(7-9-21)23-12-4-5-13-14(10-12)20-15(18)19-13/h4-5,10-11H,6-9H2,1-3H3,(H3,18,19,20). The summed E-state index contributed by atoms with van der Waals surface area (Å²) >= 11 is 0. The van der Waals surface area contributed by atoms with Gasteiger partial charge in [0, 0.05) is 32.0 Å². The predicted molar refractivity (Wildman–Crippen MR) is 92.0 cm³/mol. The molecule has 24 heavy (non-hydrogen) atoms. The third-order valence-electron chi connectivity index (χ3n) is 3.87. The van der Waals surface area contributed by atoms with Gasteiger partial charge in [-0.1, -0.05) is 0 Å². The van der Waals surface area contributed by atoms with Crippen LogP contribution in [0.25, 0.3) is 11.0 Å². The summed E-state index contributed by atoms with van der Waals surface area (Å²) in [5.74, 6) is 1.18.